The summed E-state index contributed by atoms with van der Waals surface area (Å²) in [6.45, 7) is 6.04. The van der Waals surface area contributed by atoms with E-state index in [9.17, 15) is 9.59 Å². The zero-order chi connectivity index (χ0) is 19.1. The lowest BCUT2D eigenvalue weighted by molar-refractivity contribution is -0.115. The molecule has 5 nitrogen and oxygen atoms in total. The fraction of sp³-hybridized carbons (Fsp3) is 0.238. The maximum Gasteiger partial charge on any atom is 0.254 e. The molecule has 0 saturated carbocycles. The maximum atomic E-state index is 12.9. The third kappa shape index (κ3) is 3.17. The molecule has 0 radical (unpaired) electrons. The molecule has 0 bridgehead atoms. The SMILES string of the molecule is Cc1ccc(C)n1-c1sccc1C(=O)NC(C)c1ccc2c(c1)CC(=O)N2. The number of carbonyl (C=O) groups excluding carboxylic acids is 2. The van der Waals surface area contributed by atoms with Crippen molar-refractivity contribution in [2.75, 3.05) is 5.32 Å². The molecule has 27 heavy (non-hydrogen) atoms. The third-order valence-corrected chi connectivity index (χ3v) is 5.86. The van der Waals surface area contributed by atoms with E-state index in [0.717, 1.165) is 33.2 Å². The molecule has 6 heteroatoms. The van der Waals surface area contributed by atoms with Crippen molar-refractivity contribution in [1.29, 1.82) is 0 Å². The summed E-state index contributed by atoms with van der Waals surface area (Å²) in [5.74, 6) is -0.0832. The van der Waals surface area contributed by atoms with Gasteiger partial charge >= 0.3 is 0 Å². The quantitative estimate of drug-likeness (QED) is 0.716. The fourth-order valence-electron chi connectivity index (χ4n) is 3.51. The van der Waals surface area contributed by atoms with Gasteiger partial charge < -0.3 is 15.2 Å². The van der Waals surface area contributed by atoms with Crippen molar-refractivity contribution in [1.82, 2.24) is 9.88 Å². The van der Waals surface area contributed by atoms with Crippen LogP contribution in [0.2, 0.25) is 0 Å². The number of rotatable bonds is 4. The highest BCUT2D eigenvalue weighted by Gasteiger charge is 2.21. The Morgan fingerprint density at radius 1 is 1.19 bits per heavy atom. The van der Waals surface area contributed by atoms with E-state index in [0.29, 0.717) is 12.0 Å². The Bertz CT molecular complexity index is 1030. The van der Waals surface area contributed by atoms with Crippen LogP contribution in [0.3, 0.4) is 0 Å². The monoisotopic (exact) mass is 379 g/mol. The Balaban J connectivity index is 1.56. The zero-order valence-electron chi connectivity index (χ0n) is 15.5. The number of hydrogen-bond donors (Lipinski definition) is 2. The van der Waals surface area contributed by atoms with E-state index in [1.165, 1.54) is 0 Å². The van der Waals surface area contributed by atoms with Gasteiger partial charge in [0, 0.05) is 17.1 Å². The molecule has 1 aliphatic rings. The minimum absolute atomic E-state index is 0.0132. The van der Waals surface area contributed by atoms with Crippen LogP contribution in [0.25, 0.3) is 5.00 Å². The van der Waals surface area contributed by atoms with E-state index in [-0.39, 0.29) is 17.9 Å². The molecule has 1 atom stereocenters. The summed E-state index contributed by atoms with van der Waals surface area (Å²) in [7, 11) is 0. The van der Waals surface area contributed by atoms with Crippen molar-refractivity contribution in [3.05, 3.63) is 69.9 Å². The first-order chi connectivity index (χ1) is 12.9. The van der Waals surface area contributed by atoms with Crippen LogP contribution in [-0.2, 0) is 11.2 Å². The van der Waals surface area contributed by atoms with Gasteiger partial charge in [-0.25, -0.2) is 0 Å². The van der Waals surface area contributed by atoms with Gasteiger partial charge in [-0.3, -0.25) is 9.59 Å². The van der Waals surface area contributed by atoms with Gasteiger partial charge in [-0.15, -0.1) is 11.3 Å². The first kappa shape index (κ1) is 17.5. The molecule has 0 saturated heterocycles. The van der Waals surface area contributed by atoms with Crippen molar-refractivity contribution in [2.45, 2.75) is 33.2 Å². The first-order valence-corrected chi connectivity index (χ1v) is 9.78. The van der Waals surface area contributed by atoms with Gasteiger partial charge in [0.25, 0.3) is 5.91 Å². The van der Waals surface area contributed by atoms with Gasteiger partial charge in [-0.2, -0.15) is 0 Å². The highest BCUT2D eigenvalue weighted by Crippen LogP contribution is 2.28. The van der Waals surface area contributed by atoms with Crippen LogP contribution < -0.4 is 10.6 Å². The molecule has 4 rings (SSSR count). The number of benzene rings is 1. The van der Waals surface area contributed by atoms with Gasteiger partial charge in [-0.1, -0.05) is 12.1 Å². The van der Waals surface area contributed by atoms with Crippen molar-refractivity contribution >= 4 is 28.8 Å². The number of amides is 2. The summed E-state index contributed by atoms with van der Waals surface area (Å²) in [6.07, 6.45) is 0.394. The second-order valence-corrected chi connectivity index (χ2v) is 7.82. The molecule has 0 fully saturated rings. The van der Waals surface area contributed by atoms with Crippen LogP contribution in [0.15, 0.2) is 41.8 Å². The van der Waals surface area contributed by atoms with Gasteiger partial charge in [0.05, 0.1) is 18.0 Å². The largest absolute Gasteiger partial charge is 0.345 e. The van der Waals surface area contributed by atoms with E-state index >= 15 is 0 Å². The molecule has 0 aliphatic carbocycles. The number of anilines is 1. The molecule has 3 heterocycles. The molecule has 1 aliphatic heterocycles. The van der Waals surface area contributed by atoms with Crippen LogP contribution in [0.4, 0.5) is 5.69 Å². The highest BCUT2D eigenvalue weighted by molar-refractivity contribution is 7.13. The molecule has 2 amide bonds. The average molecular weight is 379 g/mol. The van der Waals surface area contributed by atoms with E-state index in [2.05, 4.69) is 27.3 Å². The molecule has 2 aromatic heterocycles. The second-order valence-electron chi connectivity index (χ2n) is 6.93. The number of nitrogens with zero attached hydrogens (tertiary/aromatic N) is 1. The smallest absolute Gasteiger partial charge is 0.254 e. The molecule has 1 unspecified atom stereocenters. The van der Waals surface area contributed by atoms with Crippen LogP contribution >= 0.6 is 11.3 Å². The minimum atomic E-state index is -0.155. The minimum Gasteiger partial charge on any atom is -0.345 e. The molecule has 1 aromatic carbocycles. The van der Waals surface area contributed by atoms with Crippen molar-refractivity contribution in [3.63, 3.8) is 0 Å². The summed E-state index contributed by atoms with van der Waals surface area (Å²) in [4.78, 5) is 24.5. The Labute approximate surface area is 162 Å². The Morgan fingerprint density at radius 3 is 2.67 bits per heavy atom. The number of nitrogens with one attached hydrogen (secondary N) is 2. The molecular formula is C21H21N3O2S. The predicted octanol–water partition coefficient (Wildman–Crippen LogP) is 4.14. The molecule has 3 aromatic rings. The third-order valence-electron chi connectivity index (χ3n) is 4.97. The van der Waals surface area contributed by atoms with E-state index < -0.39 is 0 Å². The van der Waals surface area contributed by atoms with Crippen molar-refractivity contribution < 1.29 is 9.59 Å². The number of thiophene rings is 1. The number of aryl methyl sites for hydroxylation is 2. The standard InChI is InChI=1S/C21H21N3O2S/c1-12-4-5-13(2)24(12)21-17(8-9-27-21)20(26)22-14(3)15-6-7-18-16(10-15)11-19(25)23-18/h4-10,14H,11H2,1-3H3,(H,22,26)(H,23,25). The number of hydrogen-bond acceptors (Lipinski definition) is 3. The average Bonchev–Trinajstić information content (AvgIpc) is 3.32. The highest BCUT2D eigenvalue weighted by atomic mass is 32.1. The number of carbonyl (C=O) groups is 2. The topological polar surface area (TPSA) is 63.1 Å². The molecule has 138 valence electrons. The Hall–Kier alpha value is -2.86. The Morgan fingerprint density at radius 2 is 1.93 bits per heavy atom. The summed E-state index contributed by atoms with van der Waals surface area (Å²) in [5.41, 5.74) is 5.71. The Kier molecular flexibility index (Phi) is 4.36. The van der Waals surface area contributed by atoms with Gasteiger partial charge in [0.2, 0.25) is 5.91 Å². The number of fused-ring (bicyclic) bond motifs is 1. The van der Waals surface area contributed by atoms with Crippen LogP contribution in [0.1, 0.15) is 45.8 Å². The summed E-state index contributed by atoms with van der Waals surface area (Å²) in [5, 5.41) is 8.80. The lowest BCUT2D eigenvalue weighted by Crippen LogP contribution is -2.27. The molecule has 2 N–H and O–H groups in total. The first-order valence-electron chi connectivity index (χ1n) is 8.90. The molecule has 0 spiro atoms. The van der Waals surface area contributed by atoms with Crippen LogP contribution in [0.5, 0.6) is 0 Å². The summed E-state index contributed by atoms with van der Waals surface area (Å²) >= 11 is 1.56. The van der Waals surface area contributed by atoms with Crippen LogP contribution in [-0.4, -0.2) is 16.4 Å². The summed E-state index contributed by atoms with van der Waals surface area (Å²) < 4.78 is 2.11. The summed E-state index contributed by atoms with van der Waals surface area (Å²) in [6, 6.07) is 11.7. The normalized spacial score (nSPS) is 14.0. The zero-order valence-corrected chi connectivity index (χ0v) is 16.3. The van der Waals surface area contributed by atoms with E-state index in [1.807, 2.05) is 50.4 Å². The van der Waals surface area contributed by atoms with Gasteiger partial charge in [0.15, 0.2) is 0 Å². The van der Waals surface area contributed by atoms with Gasteiger partial charge in [0.1, 0.15) is 5.00 Å². The lowest BCUT2D eigenvalue weighted by Gasteiger charge is -2.16. The van der Waals surface area contributed by atoms with Crippen molar-refractivity contribution in [2.24, 2.45) is 0 Å². The number of aromatic nitrogens is 1. The van der Waals surface area contributed by atoms with Crippen molar-refractivity contribution in [3.8, 4) is 5.00 Å². The van der Waals surface area contributed by atoms with E-state index in [4.69, 9.17) is 0 Å². The van der Waals surface area contributed by atoms with E-state index in [1.54, 1.807) is 11.3 Å². The fourth-order valence-corrected chi connectivity index (χ4v) is 4.53. The second kappa shape index (κ2) is 6.70. The van der Waals surface area contributed by atoms with Gasteiger partial charge in [-0.05, 0) is 61.5 Å². The lowest BCUT2D eigenvalue weighted by atomic mass is 10.0. The predicted molar refractivity (Wildman–Crippen MR) is 108 cm³/mol. The molecular weight excluding hydrogens is 358 g/mol. The maximum absolute atomic E-state index is 12.9. The van der Waals surface area contributed by atoms with Crippen LogP contribution in [0, 0.1) is 13.8 Å².